The van der Waals surface area contributed by atoms with Gasteiger partial charge in [0, 0.05) is 20.0 Å². The topological polar surface area (TPSA) is 48.6 Å². The molecule has 0 heterocycles. The normalized spacial score (nSPS) is 11.4. The third-order valence-electron chi connectivity index (χ3n) is 4.09. The van der Waals surface area contributed by atoms with E-state index in [4.69, 9.17) is 0 Å². The van der Waals surface area contributed by atoms with Gasteiger partial charge in [0.15, 0.2) is 0 Å². The van der Waals surface area contributed by atoms with E-state index in [0.717, 1.165) is 17.7 Å². The third kappa shape index (κ3) is 5.74. The van der Waals surface area contributed by atoms with E-state index in [2.05, 4.69) is 15.8 Å². The van der Waals surface area contributed by atoms with Gasteiger partial charge in [-0.2, -0.15) is 5.26 Å². The zero-order valence-corrected chi connectivity index (χ0v) is 15.3. The molecule has 0 aromatic heterocycles. The summed E-state index contributed by atoms with van der Waals surface area (Å²) < 4.78 is 42.1. The van der Waals surface area contributed by atoms with Crippen molar-refractivity contribution in [1.82, 2.24) is 4.90 Å². The molecule has 0 aliphatic rings. The molecule has 7 heteroatoms. The summed E-state index contributed by atoms with van der Waals surface area (Å²) in [5.74, 6) is -0.248. The number of benzene rings is 2. The second-order valence-corrected chi connectivity index (χ2v) is 6.04. The zero-order valence-electron chi connectivity index (χ0n) is 15.3. The van der Waals surface area contributed by atoms with Crippen LogP contribution in [0.2, 0.25) is 0 Å². The number of hydrogen-bond acceptors (Lipinski definition) is 3. The highest BCUT2D eigenvalue weighted by Crippen LogP contribution is 2.31. The Labute approximate surface area is 156 Å². The first-order valence-corrected chi connectivity index (χ1v) is 8.35. The van der Waals surface area contributed by atoms with Crippen LogP contribution in [0.5, 0.6) is 5.75 Å². The van der Waals surface area contributed by atoms with E-state index in [0.29, 0.717) is 16.8 Å². The maximum absolute atomic E-state index is 12.6. The summed E-state index contributed by atoms with van der Waals surface area (Å²) in [6.45, 7) is 4.59. The van der Waals surface area contributed by atoms with Crippen molar-refractivity contribution >= 4 is 12.0 Å². The number of rotatable bonds is 6. The van der Waals surface area contributed by atoms with Crippen molar-refractivity contribution in [2.45, 2.75) is 26.6 Å². The van der Waals surface area contributed by atoms with Gasteiger partial charge in [-0.1, -0.05) is 18.2 Å². The maximum Gasteiger partial charge on any atom is 0.573 e. The van der Waals surface area contributed by atoms with Gasteiger partial charge in [-0.05, 0) is 48.7 Å². The highest BCUT2D eigenvalue weighted by molar-refractivity contribution is 5.65. The van der Waals surface area contributed by atoms with Crippen molar-refractivity contribution in [2.24, 2.45) is 4.99 Å². The number of alkyl halides is 3. The van der Waals surface area contributed by atoms with Crippen LogP contribution in [-0.4, -0.2) is 31.2 Å². The molecule has 2 aromatic carbocycles. The van der Waals surface area contributed by atoms with Crippen molar-refractivity contribution in [1.29, 1.82) is 5.26 Å². The Kier molecular flexibility index (Phi) is 6.45. The molecule has 0 radical (unpaired) electrons. The summed E-state index contributed by atoms with van der Waals surface area (Å²) in [7, 11) is 1.87. The first kappa shape index (κ1) is 20.3. The van der Waals surface area contributed by atoms with Gasteiger partial charge in [0.1, 0.15) is 5.75 Å². The minimum atomic E-state index is -4.76. The smallest absolute Gasteiger partial charge is 0.405 e. The van der Waals surface area contributed by atoms with Crippen LogP contribution in [0.3, 0.4) is 0 Å². The molecule has 0 amide bonds. The van der Waals surface area contributed by atoms with Crippen LogP contribution in [0.1, 0.15) is 29.2 Å². The van der Waals surface area contributed by atoms with E-state index in [9.17, 15) is 18.4 Å². The maximum atomic E-state index is 12.6. The monoisotopic (exact) mass is 375 g/mol. The minimum absolute atomic E-state index is 0.194. The molecule has 0 fully saturated rings. The molecule has 0 aliphatic heterocycles. The Morgan fingerprint density at radius 1 is 1.22 bits per heavy atom. The number of ether oxygens (including phenoxy) is 1. The summed E-state index contributed by atoms with van der Waals surface area (Å²) in [4.78, 5) is 6.29. The number of aliphatic imine (C=N–C) groups is 1. The van der Waals surface area contributed by atoms with Gasteiger partial charge < -0.3 is 9.64 Å². The molecule has 0 unspecified atom stereocenters. The van der Waals surface area contributed by atoms with E-state index in [1.807, 2.05) is 25.8 Å². The summed E-state index contributed by atoms with van der Waals surface area (Å²) >= 11 is 0. The van der Waals surface area contributed by atoms with Crippen LogP contribution in [-0.2, 0) is 6.42 Å². The Balaban J connectivity index is 2.43. The van der Waals surface area contributed by atoms with Crippen molar-refractivity contribution in [2.75, 3.05) is 13.6 Å². The fourth-order valence-corrected chi connectivity index (χ4v) is 2.46. The van der Waals surface area contributed by atoms with Gasteiger partial charge in [-0.3, -0.25) is 0 Å². The van der Waals surface area contributed by atoms with Crippen LogP contribution < -0.4 is 4.74 Å². The molecule has 0 saturated heterocycles. The molecule has 0 spiro atoms. The van der Waals surface area contributed by atoms with Gasteiger partial charge >= 0.3 is 6.36 Å². The number of nitrogens with zero attached hydrogens (tertiary/aromatic N) is 3. The Morgan fingerprint density at radius 3 is 2.56 bits per heavy atom. The van der Waals surface area contributed by atoms with Gasteiger partial charge in [0.25, 0.3) is 0 Å². The van der Waals surface area contributed by atoms with Gasteiger partial charge in [-0.15, -0.1) is 13.2 Å². The highest BCUT2D eigenvalue weighted by atomic mass is 19.4. The lowest BCUT2D eigenvalue weighted by atomic mass is 9.96. The number of para-hydroxylation sites is 1. The van der Waals surface area contributed by atoms with Gasteiger partial charge in [0.05, 0.1) is 23.7 Å². The fourth-order valence-electron chi connectivity index (χ4n) is 2.46. The molecular formula is C20H20F3N3O. The Bertz CT molecular complexity index is 870. The van der Waals surface area contributed by atoms with E-state index in [-0.39, 0.29) is 12.2 Å². The van der Waals surface area contributed by atoms with Crippen LogP contribution in [0.15, 0.2) is 41.4 Å². The van der Waals surface area contributed by atoms with E-state index >= 15 is 0 Å². The van der Waals surface area contributed by atoms with Crippen LogP contribution in [0.25, 0.3) is 0 Å². The van der Waals surface area contributed by atoms with E-state index < -0.39 is 6.36 Å². The van der Waals surface area contributed by atoms with Crippen LogP contribution in [0.4, 0.5) is 18.9 Å². The average Bonchev–Trinajstić information content (AvgIpc) is 2.62. The largest absolute Gasteiger partial charge is 0.573 e. The Morgan fingerprint density at radius 2 is 1.93 bits per heavy atom. The first-order valence-electron chi connectivity index (χ1n) is 8.35. The fraction of sp³-hybridized carbons (Fsp3) is 0.300. The lowest BCUT2D eigenvalue weighted by Gasteiger charge is -2.15. The van der Waals surface area contributed by atoms with Crippen molar-refractivity contribution in [3.8, 4) is 11.8 Å². The predicted octanol–water partition coefficient (Wildman–Crippen LogP) is 4.97. The summed E-state index contributed by atoms with van der Waals surface area (Å²) in [6, 6.07) is 11.4. The lowest BCUT2D eigenvalue weighted by Crippen LogP contribution is -2.18. The van der Waals surface area contributed by atoms with Crippen LogP contribution in [0, 0.1) is 18.3 Å². The summed E-state index contributed by atoms with van der Waals surface area (Å²) in [5.41, 5.74) is 2.92. The predicted molar refractivity (Wildman–Crippen MR) is 98.3 cm³/mol. The molecule has 142 valence electrons. The molecule has 2 rings (SSSR count). The lowest BCUT2D eigenvalue weighted by molar-refractivity contribution is -0.274. The van der Waals surface area contributed by atoms with Crippen molar-refractivity contribution < 1.29 is 17.9 Å². The molecular weight excluding hydrogens is 355 g/mol. The van der Waals surface area contributed by atoms with Crippen molar-refractivity contribution in [3.05, 3.63) is 58.7 Å². The van der Waals surface area contributed by atoms with E-state index in [1.165, 1.54) is 12.1 Å². The second-order valence-electron chi connectivity index (χ2n) is 6.04. The quantitative estimate of drug-likeness (QED) is 0.529. The molecule has 27 heavy (non-hydrogen) atoms. The Hall–Kier alpha value is -3.01. The summed E-state index contributed by atoms with van der Waals surface area (Å²) in [6.07, 6.45) is -2.91. The molecule has 0 saturated carbocycles. The van der Waals surface area contributed by atoms with E-state index in [1.54, 1.807) is 30.6 Å². The minimum Gasteiger partial charge on any atom is -0.405 e. The SMILES string of the molecule is CCN(C)/C=N\c1cc(C#N)cc(Cc2ccccc2OC(F)(F)F)c1C. The average molecular weight is 375 g/mol. The first-order chi connectivity index (χ1) is 12.7. The third-order valence-corrected chi connectivity index (χ3v) is 4.09. The van der Waals surface area contributed by atoms with Gasteiger partial charge in [-0.25, -0.2) is 4.99 Å². The number of nitriles is 1. The molecule has 0 atom stereocenters. The van der Waals surface area contributed by atoms with Crippen molar-refractivity contribution in [3.63, 3.8) is 0 Å². The second kappa shape index (κ2) is 8.58. The van der Waals surface area contributed by atoms with Gasteiger partial charge in [0.2, 0.25) is 0 Å². The molecule has 0 bridgehead atoms. The zero-order chi connectivity index (χ0) is 20.0. The van der Waals surface area contributed by atoms with Crippen LogP contribution >= 0.6 is 0 Å². The highest BCUT2D eigenvalue weighted by Gasteiger charge is 2.32. The molecule has 2 aromatic rings. The molecule has 4 nitrogen and oxygen atoms in total. The molecule has 0 aliphatic carbocycles. The summed E-state index contributed by atoms with van der Waals surface area (Å²) in [5, 5.41) is 9.29. The standard InChI is InChI=1S/C20H20F3N3O/c1-4-26(3)13-25-18-10-15(12-24)9-17(14(18)2)11-16-7-5-6-8-19(16)27-20(21,22)23/h5-10,13H,4,11H2,1-3H3/b25-13-. The number of halogens is 3. The number of hydrogen-bond donors (Lipinski definition) is 0. The molecule has 0 N–H and O–H groups in total.